The topological polar surface area (TPSA) is 40.5 Å². The van der Waals surface area contributed by atoms with Gasteiger partial charge in [0.15, 0.2) is 0 Å². The van der Waals surface area contributed by atoms with Crippen LogP contribution in [-0.4, -0.2) is 29.5 Å². The number of carbonyl (C=O) groups is 1. The Hall–Kier alpha value is -1.92. The van der Waals surface area contributed by atoms with E-state index < -0.39 is 0 Å². The Kier molecular flexibility index (Phi) is 6.17. The largest absolute Gasteiger partial charge is 0.491 e. The van der Waals surface area contributed by atoms with Crippen molar-refractivity contribution in [2.75, 3.05) is 12.9 Å². The molecule has 142 valence electrons. The van der Waals surface area contributed by atoms with E-state index in [0.29, 0.717) is 12.3 Å². The predicted octanol–water partition coefficient (Wildman–Crippen LogP) is 6.08. The van der Waals surface area contributed by atoms with Crippen molar-refractivity contribution in [2.45, 2.75) is 31.8 Å². The van der Waals surface area contributed by atoms with E-state index in [4.69, 9.17) is 9.47 Å². The van der Waals surface area contributed by atoms with Gasteiger partial charge in [-0.25, -0.2) is 4.79 Å². The molecule has 0 atom stereocenters. The molecule has 1 heterocycles. The van der Waals surface area contributed by atoms with Crippen LogP contribution in [0, 0.1) is 0 Å². The number of rotatable bonds is 6. The molecular formula is C21H22BrNO3S. The van der Waals surface area contributed by atoms with Crippen molar-refractivity contribution in [3.05, 3.63) is 52.6 Å². The molecule has 4 nitrogen and oxygen atoms in total. The number of thioether (sulfide) groups is 1. The summed E-state index contributed by atoms with van der Waals surface area (Å²) in [6, 6.07) is 13.8. The summed E-state index contributed by atoms with van der Waals surface area (Å²) in [4.78, 5) is 13.7. The van der Waals surface area contributed by atoms with Crippen LogP contribution in [0.3, 0.4) is 0 Å². The van der Waals surface area contributed by atoms with Crippen molar-refractivity contribution in [1.29, 1.82) is 0 Å². The Labute approximate surface area is 172 Å². The smallest absolute Gasteiger partial charge is 0.356 e. The summed E-state index contributed by atoms with van der Waals surface area (Å²) in [5.41, 5.74) is 2.40. The van der Waals surface area contributed by atoms with Crippen LogP contribution in [0.15, 0.2) is 51.8 Å². The first-order valence-corrected chi connectivity index (χ1v) is 10.8. The van der Waals surface area contributed by atoms with E-state index in [9.17, 15) is 4.79 Å². The highest BCUT2D eigenvalue weighted by atomic mass is 79.9. The molecule has 3 aromatic rings. The molecule has 0 aliphatic heterocycles. The standard InChI is InChI=1S/C21H22BrNO3S/c1-5-25-21(24)19-20(27-4)17-12-14(22)6-11-18(17)23(19)15-7-9-16(10-8-15)26-13(2)3/h6-13H,5H2,1-4H3. The first-order valence-electron chi connectivity index (χ1n) is 8.78. The van der Waals surface area contributed by atoms with Crippen LogP contribution in [0.1, 0.15) is 31.3 Å². The molecule has 0 aliphatic rings. The number of hydrogen-bond donors (Lipinski definition) is 0. The van der Waals surface area contributed by atoms with E-state index in [1.165, 1.54) is 0 Å². The van der Waals surface area contributed by atoms with E-state index >= 15 is 0 Å². The molecule has 0 unspecified atom stereocenters. The summed E-state index contributed by atoms with van der Waals surface area (Å²) in [5.74, 6) is 0.479. The minimum absolute atomic E-state index is 0.110. The number of benzene rings is 2. The fourth-order valence-electron chi connectivity index (χ4n) is 3.04. The van der Waals surface area contributed by atoms with E-state index in [-0.39, 0.29) is 12.1 Å². The number of carbonyl (C=O) groups excluding carboxylic acids is 1. The second-order valence-corrected chi connectivity index (χ2v) is 7.99. The van der Waals surface area contributed by atoms with Gasteiger partial charge in [0.2, 0.25) is 0 Å². The molecule has 3 rings (SSSR count). The fourth-order valence-corrected chi connectivity index (χ4v) is 4.15. The number of hydrogen-bond acceptors (Lipinski definition) is 4. The van der Waals surface area contributed by atoms with Gasteiger partial charge in [-0.15, -0.1) is 11.8 Å². The van der Waals surface area contributed by atoms with Crippen molar-refractivity contribution in [1.82, 2.24) is 4.57 Å². The number of fused-ring (bicyclic) bond motifs is 1. The van der Waals surface area contributed by atoms with Crippen LogP contribution >= 0.6 is 27.7 Å². The van der Waals surface area contributed by atoms with Crippen LogP contribution in [0.4, 0.5) is 0 Å². The number of aromatic nitrogens is 1. The third-order valence-corrected chi connectivity index (χ3v) is 5.34. The molecule has 0 fully saturated rings. The molecule has 6 heteroatoms. The van der Waals surface area contributed by atoms with Crippen molar-refractivity contribution in [3.8, 4) is 11.4 Å². The zero-order valence-corrected chi connectivity index (χ0v) is 18.2. The third-order valence-electron chi connectivity index (χ3n) is 4.02. The first-order chi connectivity index (χ1) is 13.0. The van der Waals surface area contributed by atoms with Gasteiger partial charge in [0.25, 0.3) is 0 Å². The van der Waals surface area contributed by atoms with E-state index in [2.05, 4.69) is 15.9 Å². The summed E-state index contributed by atoms with van der Waals surface area (Å²) in [6.07, 6.45) is 2.08. The SMILES string of the molecule is CCOC(=O)c1c(SC)c2cc(Br)ccc2n1-c1ccc(OC(C)C)cc1. The average Bonchev–Trinajstić information content (AvgIpc) is 2.95. The number of nitrogens with zero attached hydrogens (tertiary/aromatic N) is 1. The second-order valence-electron chi connectivity index (χ2n) is 6.26. The maximum Gasteiger partial charge on any atom is 0.356 e. The zero-order chi connectivity index (χ0) is 19.6. The van der Waals surface area contributed by atoms with Crippen molar-refractivity contribution in [3.63, 3.8) is 0 Å². The minimum Gasteiger partial charge on any atom is -0.491 e. The summed E-state index contributed by atoms with van der Waals surface area (Å²) in [7, 11) is 0. The highest BCUT2D eigenvalue weighted by Crippen LogP contribution is 2.37. The molecule has 27 heavy (non-hydrogen) atoms. The zero-order valence-electron chi connectivity index (χ0n) is 15.8. The Balaban J connectivity index is 2.23. The Morgan fingerprint density at radius 3 is 2.48 bits per heavy atom. The Bertz CT molecular complexity index is 964. The number of halogens is 1. The van der Waals surface area contributed by atoms with Gasteiger partial charge in [0.1, 0.15) is 11.4 Å². The van der Waals surface area contributed by atoms with Crippen LogP contribution < -0.4 is 4.74 Å². The highest BCUT2D eigenvalue weighted by Gasteiger charge is 2.24. The van der Waals surface area contributed by atoms with E-state index in [0.717, 1.165) is 31.7 Å². The van der Waals surface area contributed by atoms with Crippen LogP contribution in [0.2, 0.25) is 0 Å². The van der Waals surface area contributed by atoms with Gasteiger partial charge in [0.05, 0.1) is 18.2 Å². The molecule has 0 saturated carbocycles. The summed E-state index contributed by atoms with van der Waals surface area (Å²) in [5, 5.41) is 1.02. The molecule has 0 aliphatic carbocycles. The summed E-state index contributed by atoms with van der Waals surface area (Å²) in [6.45, 7) is 6.14. The highest BCUT2D eigenvalue weighted by molar-refractivity contribution is 9.10. The van der Waals surface area contributed by atoms with Gasteiger partial charge in [-0.3, -0.25) is 0 Å². The van der Waals surface area contributed by atoms with Gasteiger partial charge in [-0.05, 0) is 69.5 Å². The lowest BCUT2D eigenvalue weighted by molar-refractivity contribution is 0.0513. The molecule has 0 spiro atoms. The molecule has 2 aromatic carbocycles. The molecule has 1 aromatic heterocycles. The van der Waals surface area contributed by atoms with Gasteiger partial charge >= 0.3 is 5.97 Å². The average molecular weight is 448 g/mol. The minimum atomic E-state index is -0.323. The molecule has 0 N–H and O–H groups in total. The van der Waals surface area contributed by atoms with E-state index in [1.807, 2.05) is 74.1 Å². The van der Waals surface area contributed by atoms with Gasteiger partial charge in [0, 0.05) is 20.4 Å². The number of ether oxygens (including phenoxy) is 2. The number of esters is 1. The summed E-state index contributed by atoms with van der Waals surface area (Å²) < 4.78 is 14.0. The summed E-state index contributed by atoms with van der Waals surface area (Å²) >= 11 is 5.08. The maximum absolute atomic E-state index is 12.8. The first kappa shape index (κ1) is 19.8. The van der Waals surface area contributed by atoms with Crippen molar-refractivity contribution in [2.24, 2.45) is 0 Å². The Morgan fingerprint density at radius 1 is 1.19 bits per heavy atom. The predicted molar refractivity (Wildman–Crippen MR) is 114 cm³/mol. The molecule has 0 radical (unpaired) electrons. The van der Waals surface area contributed by atoms with Crippen molar-refractivity contribution < 1.29 is 14.3 Å². The lowest BCUT2D eigenvalue weighted by Gasteiger charge is -2.13. The van der Waals surface area contributed by atoms with E-state index in [1.54, 1.807) is 11.8 Å². The second kappa shape index (κ2) is 8.40. The van der Waals surface area contributed by atoms with Crippen LogP contribution in [0.25, 0.3) is 16.6 Å². The van der Waals surface area contributed by atoms with Gasteiger partial charge in [-0.1, -0.05) is 15.9 Å². The molecule has 0 saturated heterocycles. The normalized spacial score (nSPS) is 11.2. The van der Waals surface area contributed by atoms with Crippen molar-refractivity contribution >= 4 is 44.6 Å². The van der Waals surface area contributed by atoms with Crippen LogP contribution in [-0.2, 0) is 4.74 Å². The van der Waals surface area contributed by atoms with Gasteiger partial charge in [-0.2, -0.15) is 0 Å². The molecule has 0 bridgehead atoms. The monoisotopic (exact) mass is 447 g/mol. The Morgan fingerprint density at radius 2 is 1.89 bits per heavy atom. The molecular weight excluding hydrogens is 426 g/mol. The van der Waals surface area contributed by atoms with Gasteiger partial charge < -0.3 is 14.0 Å². The van der Waals surface area contributed by atoms with Crippen LogP contribution in [0.5, 0.6) is 5.75 Å². The lowest BCUT2D eigenvalue weighted by Crippen LogP contribution is -2.12. The quantitative estimate of drug-likeness (QED) is 0.339. The lowest BCUT2D eigenvalue weighted by atomic mass is 10.2. The molecule has 0 amide bonds. The fraction of sp³-hybridized carbons (Fsp3) is 0.286. The third kappa shape index (κ3) is 4.01. The maximum atomic E-state index is 12.8.